The van der Waals surface area contributed by atoms with Crippen LogP contribution in [0.4, 0.5) is 5.69 Å². The van der Waals surface area contributed by atoms with Crippen LogP contribution in [0.15, 0.2) is 46.7 Å². The lowest BCUT2D eigenvalue weighted by atomic mass is 9.87. The second-order valence-corrected chi connectivity index (χ2v) is 8.16. The Morgan fingerprint density at radius 3 is 2.40 bits per heavy atom. The zero-order valence-electron chi connectivity index (χ0n) is 18.1. The van der Waals surface area contributed by atoms with Crippen molar-refractivity contribution in [3.05, 3.63) is 41.7 Å². The van der Waals surface area contributed by atoms with Crippen molar-refractivity contribution in [2.45, 2.75) is 26.2 Å². The number of hydrazine groups is 1. The number of carbonyl (C=O) groups excluding carboxylic acids is 1. The Morgan fingerprint density at radius 1 is 1.07 bits per heavy atom. The number of ether oxygens (including phenoxy) is 1. The molecular formula is C23H33N5O2. The Kier molecular flexibility index (Phi) is 6.69. The summed E-state index contributed by atoms with van der Waals surface area (Å²) in [6, 6.07) is 10.6. The molecule has 3 aliphatic rings. The van der Waals surface area contributed by atoms with Gasteiger partial charge in [0, 0.05) is 69.6 Å². The van der Waals surface area contributed by atoms with E-state index >= 15 is 0 Å². The number of nitrogens with zero attached hydrogens (tertiary/aromatic N) is 4. The predicted octanol–water partition coefficient (Wildman–Crippen LogP) is 2.27. The molecule has 0 aromatic heterocycles. The van der Waals surface area contributed by atoms with Gasteiger partial charge in [-0.1, -0.05) is 18.2 Å². The molecule has 7 nitrogen and oxygen atoms in total. The molecule has 0 radical (unpaired) electrons. The Labute approximate surface area is 179 Å². The van der Waals surface area contributed by atoms with Gasteiger partial charge in [-0.3, -0.25) is 9.79 Å². The molecule has 1 aromatic rings. The van der Waals surface area contributed by atoms with Gasteiger partial charge in [-0.05, 0) is 31.4 Å². The molecule has 1 aromatic carbocycles. The van der Waals surface area contributed by atoms with E-state index in [1.54, 1.807) is 6.92 Å². The van der Waals surface area contributed by atoms with Crippen LogP contribution in [-0.4, -0.2) is 74.5 Å². The van der Waals surface area contributed by atoms with Crippen molar-refractivity contribution in [1.82, 2.24) is 15.3 Å². The lowest BCUT2D eigenvalue weighted by Gasteiger charge is -2.34. The second-order valence-electron chi connectivity index (χ2n) is 8.16. The molecule has 1 N–H and O–H groups in total. The van der Waals surface area contributed by atoms with E-state index in [9.17, 15) is 4.79 Å². The third-order valence-corrected chi connectivity index (χ3v) is 6.36. The topological polar surface area (TPSA) is 60.4 Å². The number of carbonyl (C=O) groups is 1. The summed E-state index contributed by atoms with van der Waals surface area (Å²) in [5.74, 6) is 1.73. The van der Waals surface area contributed by atoms with Crippen molar-refractivity contribution in [2.24, 2.45) is 10.9 Å². The van der Waals surface area contributed by atoms with Gasteiger partial charge in [-0.15, -0.1) is 0 Å². The molecule has 0 unspecified atom stereocenters. The number of anilines is 1. The van der Waals surface area contributed by atoms with Crippen LogP contribution >= 0.6 is 0 Å². The summed E-state index contributed by atoms with van der Waals surface area (Å²) >= 11 is 0. The molecule has 3 aliphatic heterocycles. The Morgan fingerprint density at radius 2 is 1.77 bits per heavy atom. The van der Waals surface area contributed by atoms with Gasteiger partial charge in [0.15, 0.2) is 0 Å². The van der Waals surface area contributed by atoms with E-state index in [1.165, 1.54) is 17.0 Å². The van der Waals surface area contributed by atoms with E-state index in [0.717, 1.165) is 71.0 Å². The largest absolute Gasteiger partial charge is 0.379 e. The summed E-state index contributed by atoms with van der Waals surface area (Å²) in [5.41, 5.74) is 7.43. The average Bonchev–Trinajstić information content (AvgIpc) is 3.19. The molecule has 0 saturated carbocycles. The van der Waals surface area contributed by atoms with E-state index in [2.05, 4.69) is 45.7 Å². The van der Waals surface area contributed by atoms with Gasteiger partial charge in [0.05, 0.1) is 13.2 Å². The molecule has 0 bridgehead atoms. The van der Waals surface area contributed by atoms with E-state index in [1.807, 2.05) is 11.9 Å². The summed E-state index contributed by atoms with van der Waals surface area (Å²) in [4.78, 5) is 20.8. The van der Waals surface area contributed by atoms with E-state index < -0.39 is 0 Å². The van der Waals surface area contributed by atoms with Crippen LogP contribution < -0.4 is 10.3 Å². The fourth-order valence-corrected chi connectivity index (χ4v) is 4.72. The Hall–Kier alpha value is -2.38. The number of piperidine rings is 1. The highest BCUT2D eigenvalue weighted by Crippen LogP contribution is 2.33. The highest BCUT2D eigenvalue weighted by molar-refractivity contribution is 6.03. The van der Waals surface area contributed by atoms with Crippen LogP contribution in [-0.2, 0) is 9.53 Å². The van der Waals surface area contributed by atoms with E-state index in [-0.39, 0.29) is 5.91 Å². The molecule has 1 amide bonds. The highest BCUT2D eigenvalue weighted by atomic mass is 16.5. The second kappa shape index (κ2) is 9.62. The van der Waals surface area contributed by atoms with Gasteiger partial charge in [0.1, 0.15) is 5.82 Å². The first kappa shape index (κ1) is 20.9. The van der Waals surface area contributed by atoms with Crippen LogP contribution in [0.5, 0.6) is 0 Å². The minimum atomic E-state index is 0.174. The minimum absolute atomic E-state index is 0.174. The van der Waals surface area contributed by atoms with Gasteiger partial charge < -0.3 is 20.0 Å². The molecular weight excluding hydrogens is 378 g/mol. The normalized spacial score (nSPS) is 22.0. The Bertz CT molecular complexity index is 793. The first-order chi connectivity index (χ1) is 14.7. The standard InChI is InChI=1S/C23H33N5O2/c1-18(29)26-11-8-19(9-12-26)22(24-2)21-10-13-28(20-6-4-3-5-7-20)23(21)25-27-14-16-30-17-15-27/h3-7,19,25H,8-17H2,1-2H3. The number of aliphatic imine (C=N–C) groups is 1. The molecule has 162 valence electrons. The van der Waals surface area contributed by atoms with E-state index in [4.69, 9.17) is 9.73 Å². The molecule has 2 fully saturated rings. The van der Waals surface area contributed by atoms with E-state index in [0.29, 0.717) is 5.92 Å². The zero-order valence-corrected chi connectivity index (χ0v) is 18.1. The summed E-state index contributed by atoms with van der Waals surface area (Å²) in [5, 5.41) is 2.26. The highest BCUT2D eigenvalue weighted by Gasteiger charge is 2.33. The number of hydrogen-bond acceptors (Lipinski definition) is 6. The van der Waals surface area contributed by atoms with Crippen molar-refractivity contribution < 1.29 is 9.53 Å². The quantitative estimate of drug-likeness (QED) is 0.754. The molecule has 2 saturated heterocycles. The van der Waals surface area contributed by atoms with Crippen molar-refractivity contribution in [3.8, 4) is 0 Å². The number of nitrogens with one attached hydrogen (secondary N) is 1. The summed E-state index contributed by atoms with van der Waals surface area (Å²) in [7, 11) is 1.91. The van der Waals surface area contributed by atoms with Crippen molar-refractivity contribution in [1.29, 1.82) is 0 Å². The number of rotatable bonds is 5. The molecule has 0 spiro atoms. The third kappa shape index (κ3) is 4.52. The number of amides is 1. The number of likely N-dealkylation sites (tertiary alicyclic amines) is 1. The van der Waals surface area contributed by atoms with Crippen molar-refractivity contribution in [3.63, 3.8) is 0 Å². The first-order valence-corrected chi connectivity index (χ1v) is 11.0. The van der Waals surface area contributed by atoms with Gasteiger partial charge in [0.2, 0.25) is 5.91 Å². The third-order valence-electron chi connectivity index (χ3n) is 6.36. The average molecular weight is 412 g/mol. The lowest BCUT2D eigenvalue weighted by molar-refractivity contribution is -0.129. The lowest BCUT2D eigenvalue weighted by Crippen LogP contribution is -2.48. The van der Waals surface area contributed by atoms with Gasteiger partial charge in [-0.25, -0.2) is 5.01 Å². The van der Waals surface area contributed by atoms with Crippen LogP contribution in [0, 0.1) is 5.92 Å². The summed E-state index contributed by atoms with van der Waals surface area (Å²) in [6.07, 6.45) is 2.93. The van der Waals surface area contributed by atoms with Gasteiger partial charge >= 0.3 is 0 Å². The van der Waals surface area contributed by atoms with Crippen molar-refractivity contribution >= 4 is 17.3 Å². The van der Waals surface area contributed by atoms with Crippen molar-refractivity contribution in [2.75, 3.05) is 57.9 Å². The van der Waals surface area contributed by atoms with Crippen LogP contribution in [0.2, 0.25) is 0 Å². The van der Waals surface area contributed by atoms with Crippen LogP contribution in [0.25, 0.3) is 0 Å². The first-order valence-electron chi connectivity index (χ1n) is 11.0. The molecule has 0 aliphatic carbocycles. The maximum absolute atomic E-state index is 11.7. The fourth-order valence-electron chi connectivity index (χ4n) is 4.72. The molecule has 7 heteroatoms. The smallest absolute Gasteiger partial charge is 0.219 e. The molecule has 0 atom stereocenters. The monoisotopic (exact) mass is 411 g/mol. The van der Waals surface area contributed by atoms with Gasteiger partial charge in [0.25, 0.3) is 0 Å². The number of morpholine rings is 1. The van der Waals surface area contributed by atoms with Gasteiger partial charge in [-0.2, -0.15) is 0 Å². The Balaban J connectivity index is 1.60. The maximum Gasteiger partial charge on any atom is 0.219 e. The zero-order chi connectivity index (χ0) is 20.9. The number of para-hydroxylation sites is 1. The molecule has 30 heavy (non-hydrogen) atoms. The molecule has 3 heterocycles. The summed E-state index contributed by atoms with van der Waals surface area (Å²) < 4.78 is 5.53. The van der Waals surface area contributed by atoms with Crippen LogP contribution in [0.1, 0.15) is 26.2 Å². The molecule has 4 rings (SSSR count). The predicted molar refractivity (Wildman–Crippen MR) is 119 cm³/mol. The minimum Gasteiger partial charge on any atom is -0.379 e. The number of hydrogen-bond donors (Lipinski definition) is 1. The fraction of sp³-hybridized carbons (Fsp3) is 0.565. The summed E-state index contributed by atoms with van der Waals surface area (Å²) in [6.45, 7) is 7.48. The maximum atomic E-state index is 11.7. The number of benzene rings is 1. The van der Waals surface area contributed by atoms with Crippen LogP contribution in [0.3, 0.4) is 0 Å². The SMILES string of the molecule is CN=C(C1=C(NN2CCOCC2)N(c2ccccc2)CC1)C1CCN(C(C)=O)CC1.